The molecule has 0 aliphatic carbocycles. The van der Waals surface area contributed by atoms with Crippen molar-refractivity contribution in [1.82, 2.24) is 9.97 Å². The van der Waals surface area contributed by atoms with Crippen molar-refractivity contribution in [2.75, 3.05) is 12.4 Å². The van der Waals surface area contributed by atoms with E-state index in [1.165, 1.54) is 0 Å². The minimum absolute atomic E-state index is 0.145. The van der Waals surface area contributed by atoms with Crippen molar-refractivity contribution in [2.24, 2.45) is 0 Å². The molecule has 0 spiro atoms. The Bertz CT molecular complexity index is 1120. The summed E-state index contributed by atoms with van der Waals surface area (Å²) in [5.74, 6) is 0.748. The average Bonchev–Trinajstić information content (AvgIpc) is 2.74. The number of nitrogens with one attached hydrogen (secondary N) is 1. The normalized spacial score (nSPS) is 11.9. The van der Waals surface area contributed by atoms with E-state index in [0.717, 1.165) is 16.6 Å². The number of aromatic hydroxyl groups is 1. The highest BCUT2D eigenvalue weighted by Crippen LogP contribution is 2.37. The molecule has 2 N–H and O–H groups in total. The SMILES string of the molecule is COc1ccc(N[C@@H](c2ccncc2)c2ccc3cccnc3c2O)cc1Cl. The lowest BCUT2D eigenvalue weighted by Crippen LogP contribution is -2.13. The van der Waals surface area contributed by atoms with Crippen LogP contribution in [0.3, 0.4) is 0 Å². The Morgan fingerprint density at radius 2 is 1.86 bits per heavy atom. The number of phenols is 1. The van der Waals surface area contributed by atoms with Crippen molar-refractivity contribution >= 4 is 28.2 Å². The molecule has 0 aliphatic heterocycles. The topological polar surface area (TPSA) is 67.3 Å². The number of methoxy groups -OCH3 is 1. The van der Waals surface area contributed by atoms with Crippen LogP contribution < -0.4 is 10.1 Å². The molecule has 140 valence electrons. The van der Waals surface area contributed by atoms with Crippen LogP contribution in [0.5, 0.6) is 11.5 Å². The van der Waals surface area contributed by atoms with Gasteiger partial charge in [-0.2, -0.15) is 0 Å². The van der Waals surface area contributed by atoms with E-state index in [1.807, 2.05) is 42.5 Å². The first-order valence-electron chi connectivity index (χ1n) is 8.74. The number of benzene rings is 2. The van der Waals surface area contributed by atoms with Gasteiger partial charge in [0.1, 0.15) is 17.0 Å². The molecule has 2 aromatic heterocycles. The standard InChI is InChI=1S/C22H18ClN3O2/c1-28-19-7-5-16(13-18(19)23)26-20(15-8-11-24-12-9-15)17-6-4-14-3-2-10-25-21(14)22(17)27/h2-13,20,26-27H,1H3/t20-/m0/s1. The maximum atomic E-state index is 10.9. The fourth-order valence-electron chi connectivity index (χ4n) is 3.20. The van der Waals surface area contributed by atoms with Crippen molar-refractivity contribution in [3.05, 3.63) is 89.3 Å². The van der Waals surface area contributed by atoms with Gasteiger partial charge in [-0.15, -0.1) is 0 Å². The van der Waals surface area contributed by atoms with Crippen LogP contribution in [-0.2, 0) is 0 Å². The Labute approximate surface area is 167 Å². The van der Waals surface area contributed by atoms with Gasteiger partial charge in [0, 0.05) is 35.2 Å². The van der Waals surface area contributed by atoms with Crippen LogP contribution >= 0.6 is 11.6 Å². The van der Waals surface area contributed by atoms with Crippen LogP contribution in [0.1, 0.15) is 17.2 Å². The third kappa shape index (κ3) is 3.44. The molecule has 0 saturated heterocycles. The summed E-state index contributed by atoms with van der Waals surface area (Å²) in [7, 11) is 1.58. The van der Waals surface area contributed by atoms with E-state index >= 15 is 0 Å². The second-order valence-electron chi connectivity index (χ2n) is 6.29. The lowest BCUT2D eigenvalue weighted by atomic mass is 9.96. The van der Waals surface area contributed by atoms with Crippen LogP contribution in [0, 0.1) is 0 Å². The Morgan fingerprint density at radius 3 is 2.61 bits per heavy atom. The van der Waals surface area contributed by atoms with Gasteiger partial charge in [-0.3, -0.25) is 9.97 Å². The van der Waals surface area contributed by atoms with Crippen LogP contribution in [-0.4, -0.2) is 22.2 Å². The number of halogens is 1. The molecule has 0 fully saturated rings. The summed E-state index contributed by atoms with van der Waals surface area (Å²) in [6, 6.07) is 16.6. The molecule has 2 aromatic carbocycles. The number of anilines is 1. The Kier molecular flexibility index (Phi) is 5.00. The maximum absolute atomic E-state index is 10.9. The summed E-state index contributed by atoms with van der Waals surface area (Å²) in [6.45, 7) is 0. The molecule has 4 aromatic rings. The van der Waals surface area contributed by atoms with Gasteiger partial charge in [0.2, 0.25) is 0 Å². The van der Waals surface area contributed by atoms with E-state index in [-0.39, 0.29) is 11.8 Å². The number of pyridine rings is 2. The van der Waals surface area contributed by atoms with Gasteiger partial charge in [-0.05, 0) is 42.0 Å². The Morgan fingerprint density at radius 1 is 1.04 bits per heavy atom. The lowest BCUT2D eigenvalue weighted by molar-refractivity contribution is 0.415. The lowest BCUT2D eigenvalue weighted by Gasteiger charge is -2.22. The number of phenolic OH excluding ortho intramolecular Hbond substituents is 1. The van der Waals surface area contributed by atoms with E-state index in [2.05, 4.69) is 15.3 Å². The predicted octanol–water partition coefficient (Wildman–Crippen LogP) is 5.20. The van der Waals surface area contributed by atoms with Crippen LogP contribution in [0.2, 0.25) is 5.02 Å². The first-order chi connectivity index (χ1) is 13.7. The van der Waals surface area contributed by atoms with Gasteiger partial charge < -0.3 is 15.2 Å². The third-order valence-electron chi connectivity index (χ3n) is 4.59. The zero-order valence-corrected chi connectivity index (χ0v) is 15.9. The van der Waals surface area contributed by atoms with Crippen molar-refractivity contribution in [1.29, 1.82) is 0 Å². The maximum Gasteiger partial charge on any atom is 0.147 e. The Hall–Kier alpha value is -3.31. The smallest absolute Gasteiger partial charge is 0.147 e. The number of nitrogens with zero attached hydrogens (tertiary/aromatic N) is 2. The average molecular weight is 392 g/mol. The quantitative estimate of drug-likeness (QED) is 0.489. The fraction of sp³-hybridized carbons (Fsp3) is 0.0909. The van der Waals surface area contributed by atoms with Gasteiger partial charge in [0.25, 0.3) is 0 Å². The fourth-order valence-corrected chi connectivity index (χ4v) is 3.46. The molecule has 0 saturated carbocycles. The molecular weight excluding hydrogens is 374 g/mol. The molecular formula is C22H18ClN3O2. The van der Waals surface area contributed by atoms with Crippen molar-refractivity contribution in [3.8, 4) is 11.5 Å². The summed E-state index contributed by atoms with van der Waals surface area (Å²) in [4.78, 5) is 8.43. The van der Waals surface area contributed by atoms with Gasteiger partial charge in [0.05, 0.1) is 18.2 Å². The van der Waals surface area contributed by atoms with Crippen LogP contribution in [0.15, 0.2) is 73.2 Å². The molecule has 0 radical (unpaired) electrons. The van der Waals surface area contributed by atoms with Gasteiger partial charge >= 0.3 is 0 Å². The van der Waals surface area contributed by atoms with Crippen molar-refractivity contribution < 1.29 is 9.84 Å². The highest BCUT2D eigenvalue weighted by molar-refractivity contribution is 6.32. The van der Waals surface area contributed by atoms with Crippen LogP contribution in [0.25, 0.3) is 10.9 Å². The van der Waals surface area contributed by atoms with Crippen molar-refractivity contribution in [2.45, 2.75) is 6.04 Å². The summed E-state index contributed by atoms with van der Waals surface area (Å²) in [5.41, 5.74) is 3.03. The minimum Gasteiger partial charge on any atom is -0.505 e. The van der Waals surface area contributed by atoms with E-state index in [9.17, 15) is 5.11 Å². The zero-order chi connectivity index (χ0) is 19.5. The molecule has 5 nitrogen and oxygen atoms in total. The number of ether oxygens (including phenoxy) is 1. The molecule has 4 rings (SSSR count). The first-order valence-corrected chi connectivity index (χ1v) is 9.12. The van der Waals surface area contributed by atoms with Crippen molar-refractivity contribution in [3.63, 3.8) is 0 Å². The molecule has 28 heavy (non-hydrogen) atoms. The van der Waals surface area contributed by atoms with E-state index < -0.39 is 0 Å². The van der Waals surface area contributed by atoms with E-state index in [0.29, 0.717) is 21.9 Å². The first kappa shape index (κ1) is 18.1. The molecule has 2 heterocycles. The second-order valence-corrected chi connectivity index (χ2v) is 6.69. The number of aromatic nitrogens is 2. The monoisotopic (exact) mass is 391 g/mol. The van der Waals surface area contributed by atoms with Gasteiger partial charge in [-0.1, -0.05) is 29.8 Å². The molecule has 6 heteroatoms. The summed E-state index contributed by atoms with van der Waals surface area (Å²) in [5, 5.41) is 15.8. The van der Waals surface area contributed by atoms with E-state index in [4.69, 9.17) is 16.3 Å². The molecule has 0 unspecified atom stereocenters. The number of fused-ring (bicyclic) bond motifs is 1. The Balaban J connectivity index is 1.81. The molecule has 0 aliphatic rings. The second kappa shape index (κ2) is 7.74. The predicted molar refractivity (Wildman–Crippen MR) is 111 cm³/mol. The molecule has 0 amide bonds. The summed E-state index contributed by atoms with van der Waals surface area (Å²) in [6.07, 6.45) is 5.12. The van der Waals surface area contributed by atoms with E-state index in [1.54, 1.807) is 37.8 Å². The third-order valence-corrected chi connectivity index (χ3v) is 4.89. The highest BCUT2D eigenvalue weighted by atomic mass is 35.5. The number of hydrogen-bond donors (Lipinski definition) is 2. The largest absolute Gasteiger partial charge is 0.505 e. The zero-order valence-electron chi connectivity index (χ0n) is 15.1. The molecule has 1 atom stereocenters. The van der Waals surface area contributed by atoms with Gasteiger partial charge in [-0.25, -0.2) is 0 Å². The summed E-state index contributed by atoms with van der Waals surface area (Å²) >= 11 is 6.28. The highest BCUT2D eigenvalue weighted by Gasteiger charge is 2.20. The summed E-state index contributed by atoms with van der Waals surface area (Å²) < 4.78 is 5.23. The number of rotatable bonds is 5. The molecule has 0 bridgehead atoms. The van der Waals surface area contributed by atoms with Gasteiger partial charge in [0.15, 0.2) is 0 Å². The van der Waals surface area contributed by atoms with Crippen LogP contribution in [0.4, 0.5) is 5.69 Å². The number of hydrogen-bond acceptors (Lipinski definition) is 5. The minimum atomic E-state index is -0.320.